The number of carbonyl (C=O) groups is 3. The Morgan fingerprint density at radius 2 is 2.24 bits per heavy atom. The quantitative estimate of drug-likeness (QED) is 0.180. The van der Waals surface area contributed by atoms with E-state index in [2.05, 4.69) is 24.8 Å². The van der Waals surface area contributed by atoms with Gasteiger partial charge >= 0.3 is 5.97 Å². The van der Waals surface area contributed by atoms with Crippen molar-refractivity contribution in [2.24, 2.45) is 5.16 Å². The average Bonchev–Trinajstić information content (AvgIpc) is 3.23. The summed E-state index contributed by atoms with van der Waals surface area (Å²) in [6.45, 7) is 0. The van der Waals surface area contributed by atoms with Crippen molar-refractivity contribution >= 4 is 69.8 Å². The van der Waals surface area contributed by atoms with E-state index in [-0.39, 0.29) is 16.7 Å². The predicted molar refractivity (Wildman–Crippen MR) is 123 cm³/mol. The molecule has 12 nitrogen and oxygen atoms in total. The summed E-state index contributed by atoms with van der Waals surface area (Å²) in [6, 6.07) is 2.64. The number of thioether (sulfide) groups is 2. The Labute approximate surface area is 198 Å². The van der Waals surface area contributed by atoms with Crippen LogP contribution in [0.3, 0.4) is 0 Å². The van der Waals surface area contributed by atoms with Crippen LogP contribution in [0.25, 0.3) is 6.08 Å². The lowest BCUT2D eigenvalue weighted by Crippen LogP contribution is -2.71. The number of nitrogens with zero attached hydrogens (tertiary/aromatic N) is 5. The van der Waals surface area contributed by atoms with Crippen molar-refractivity contribution < 1.29 is 24.7 Å². The molecule has 1 fully saturated rings. The van der Waals surface area contributed by atoms with Gasteiger partial charge in [0.1, 0.15) is 17.1 Å². The van der Waals surface area contributed by atoms with Crippen molar-refractivity contribution in [2.45, 2.75) is 11.4 Å². The van der Waals surface area contributed by atoms with Crippen LogP contribution in [0.15, 0.2) is 45.7 Å². The molecule has 0 bridgehead atoms. The lowest BCUT2D eigenvalue weighted by Gasteiger charge is -2.49. The first kappa shape index (κ1) is 22.8. The van der Waals surface area contributed by atoms with E-state index < -0.39 is 34.9 Å². The molecule has 0 spiro atoms. The van der Waals surface area contributed by atoms with Gasteiger partial charge in [0.05, 0.1) is 0 Å². The zero-order chi connectivity index (χ0) is 23.5. The van der Waals surface area contributed by atoms with Gasteiger partial charge in [0.2, 0.25) is 11.5 Å². The Kier molecular flexibility index (Phi) is 6.62. The SMILES string of the molecule is Nc1nc(C(=NO)C(=O)NC2C(=O)N3C(C(=O)O)=C(S/C=C\c4cccnc4)CS[C@@H]23)ns1. The Morgan fingerprint density at radius 3 is 2.88 bits per heavy atom. The van der Waals surface area contributed by atoms with Gasteiger partial charge in [-0.25, -0.2) is 4.79 Å². The summed E-state index contributed by atoms with van der Waals surface area (Å²) in [4.78, 5) is 46.6. The molecule has 2 aliphatic heterocycles. The van der Waals surface area contributed by atoms with Crippen LogP contribution < -0.4 is 11.1 Å². The molecule has 0 aromatic carbocycles. The summed E-state index contributed by atoms with van der Waals surface area (Å²) < 4.78 is 3.81. The number of pyridine rings is 1. The van der Waals surface area contributed by atoms with E-state index >= 15 is 0 Å². The fourth-order valence-corrected chi connectivity index (χ4v) is 5.87. The largest absolute Gasteiger partial charge is 0.477 e. The highest BCUT2D eigenvalue weighted by Gasteiger charge is 2.54. The van der Waals surface area contributed by atoms with Crippen molar-refractivity contribution in [3.63, 3.8) is 0 Å². The second-order valence-corrected chi connectivity index (χ2v) is 9.44. The number of anilines is 1. The van der Waals surface area contributed by atoms with Crippen molar-refractivity contribution in [3.05, 3.63) is 51.9 Å². The van der Waals surface area contributed by atoms with E-state index in [9.17, 15) is 24.7 Å². The maximum Gasteiger partial charge on any atom is 0.353 e. The number of β-lactam (4-membered cyclic amide) rings is 1. The molecule has 4 rings (SSSR count). The molecule has 2 aromatic heterocycles. The van der Waals surface area contributed by atoms with Crippen LogP contribution in [0.2, 0.25) is 0 Å². The Morgan fingerprint density at radius 1 is 1.42 bits per heavy atom. The standard InChI is InChI=1S/C18H15N7O5S3/c19-18-22-13(24-33-18)10(23-30)14(26)21-11-15(27)25-12(17(28)29)9(7-32-16(11)25)31-5-3-8-2-1-4-20-6-8/h1-6,11,16,30H,7H2,(H,21,26)(H,28,29)(H2,19,22,24)/b5-3-,23-10?/t11?,16-/m0/s1. The molecular formula is C18H15N7O5S3. The molecule has 2 amide bonds. The van der Waals surface area contributed by atoms with Crippen molar-refractivity contribution in [1.29, 1.82) is 0 Å². The molecule has 2 aliphatic rings. The third-order valence-electron chi connectivity index (χ3n) is 4.55. The van der Waals surface area contributed by atoms with E-state index in [1.165, 1.54) is 23.5 Å². The number of carboxylic acids is 1. The summed E-state index contributed by atoms with van der Waals surface area (Å²) >= 11 is 3.33. The minimum atomic E-state index is -1.24. The third kappa shape index (κ3) is 4.55. The first-order valence-electron chi connectivity index (χ1n) is 9.17. The number of hydrogen-bond donors (Lipinski definition) is 4. The minimum absolute atomic E-state index is 0.0755. The van der Waals surface area contributed by atoms with E-state index in [0.717, 1.165) is 22.0 Å². The number of oxime groups is 1. The molecule has 2 atom stereocenters. The summed E-state index contributed by atoms with van der Waals surface area (Å²) in [7, 11) is 0. The summed E-state index contributed by atoms with van der Waals surface area (Å²) in [5, 5.41) is 25.5. The highest BCUT2D eigenvalue weighted by atomic mass is 32.2. The smallest absolute Gasteiger partial charge is 0.353 e. The van der Waals surface area contributed by atoms with Gasteiger partial charge in [-0.1, -0.05) is 23.0 Å². The second kappa shape index (κ2) is 9.60. The van der Waals surface area contributed by atoms with E-state index in [4.69, 9.17) is 5.73 Å². The van der Waals surface area contributed by atoms with E-state index in [0.29, 0.717) is 10.7 Å². The highest BCUT2D eigenvalue weighted by Crippen LogP contribution is 2.43. The summed E-state index contributed by atoms with van der Waals surface area (Å²) in [5.74, 6) is -2.56. The van der Waals surface area contributed by atoms with Crippen LogP contribution in [0.5, 0.6) is 0 Å². The van der Waals surface area contributed by atoms with Crippen molar-refractivity contribution in [1.82, 2.24) is 24.6 Å². The fraction of sp³-hybridized carbons (Fsp3) is 0.167. The normalized spacial score (nSPS) is 20.5. The minimum Gasteiger partial charge on any atom is -0.477 e. The fourth-order valence-electron chi connectivity index (χ4n) is 3.08. The zero-order valence-electron chi connectivity index (χ0n) is 16.5. The number of nitrogens with two attached hydrogens (primary N) is 1. The lowest BCUT2D eigenvalue weighted by atomic mass is 10.0. The monoisotopic (exact) mass is 505 g/mol. The zero-order valence-corrected chi connectivity index (χ0v) is 18.9. The van der Waals surface area contributed by atoms with Gasteiger partial charge in [0.15, 0.2) is 5.13 Å². The molecule has 2 aromatic rings. The number of rotatable bonds is 7. The number of aliphatic carboxylic acids is 1. The van der Waals surface area contributed by atoms with Crippen LogP contribution in [0.4, 0.5) is 5.13 Å². The second-order valence-electron chi connectivity index (χ2n) is 6.55. The molecular weight excluding hydrogens is 490 g/mol. The van der Waals surface area contributed by atoms with E-state index in [1.54, 1.807) is 29.9 Å². The van der Waals surface area contributed by atoms with Crippen LogP contribution in [-0.2, 0) is 14.4 Å². The number of carbonyl (C=O) groups excluding carboxylic acids is 2. The molecule has 5 N–H and O–H groups in total. The number of amides is 2. The van der Waals surface area contributed by atoms with Crippen LogP contribution in [-0.4, -0.2) is 70.2 Å². The molecule has 0 aliphatic carbocycles. The Bertz CT molecular complexity index is 1200. The van der Waals surface area contributed by atoms with Gasteiger partial charge < -0.3 is 21.4 Å². The molecule has 33 heavy (non-hydrogen) atoms. The molecule has 170 valence electrons. The van der Waals surface area contributed by atoms with Gasteiger partial charge in [-0.3, -0.25) is 19.5 Å². The summed E-state index contributed by atoms with van der Waals surface area (Å²) in [5.41, 5.74) is 5.71. The number of nitrogen functional groups attached to an aromatic ring is 1. The average molecular weight is 506 g/mol. The molecule has 1 saturated heterocycles. The van der Waals surface area contributed by atoms with Crippen LogP contribution in [0, 0.1) is 0 Å². The van der Waals surface area contributed by atoms with Gasteiger partial charge in [-0.05, 0) is 23.1 Å². The number of aromatic nitrogens is 3. The van der Waals surface area contributed by atoms with Crippen LogP contribution >= 0.6 is 35.1 Å². The maximum atomic E-state index is 12.8. The number of hydrogen-bond acceptors (Lipinski definition) is 12. The number of fused-ring (bicyclic) bond motifs is 1. The molecule has 0 saturated carbocycles. The van der Waals surface area contributed by atoms with Crippen LogP contribution in [0.1, 0.15) is 11.4 Å². The Hall–Kier alpha value is -3.43. The predicted octanol–water partition coefficient (Wildman–Crippen LogP) is 0.794. The van der Waals surface area contributed by atoms with Crippen molar-refractivity contribution in [3.8, 4) is 0 Å². The van der Waals surface area contributed by atoms with Gasteiger partial charge in [0, 0.05) is 34.6 Å². The molecule has 1 unspecified atom stereocenters. The van der Waals surface area contributed by atoms with E-state index in [1.807, 2.05) is 6.07 Å². The van der Waals surface area contributed by atoms with Gasteiger partial charge in [-0.2, -0.15) is 9.36 Å². The first-order valence-corrected chi connectivity index (χ1v) is 11.9. The maximum absolute atomic E-state index is 12.8. The topological polar surface area (TPSA) is 184 Å². The third-order valence-corrected chi connectivity index (χ3v) is 7.45. The highest BCUT2D eigenvalue weighted by molar-refractivity contribution is 8.08. The lowest BCUT2D eigenvalue weighted by molar-refractivity contribution is -0.150. The van der Waals surface area contributed by atoms with Crippen molar-refractivity contribution in [2.75, 3.05) is 11.5 Å². The Balaban J connectivity index is 1.48. The molecule has 4 heterocycles. The summed E-state index contributed by atoms with van der Waals surface area (Å²) in [6.07, 6.45) is 5.11. The number of nitrogens with one attached hydrogen (secondary N) is 1. The van der Waals surface area contributed by atoms with Gasteiger partial charge in [0.25, 0.3) is 11.8 Å². The molecule has 0 radical (unpaired) electrons. The first-order chi connectivity index (χ1) is 15.9. The number of carboxylic acid groups (broad SMARTS) is 1. The molecule has 15 heteroatoms. The van der Waals surface area contributed by atoms with Gasteiger partial charge in [-0.15, -0.1) is 11.8 Å².